The maximum absolute atomic E-state index is 4.63. The van der Waals surface area contributed by atoms with Gasteiger partial charge in [-0.15, -0.1) is 0 Å². The second-order valence-corrected chi connectivity index (χ2v) is 9.16. The van der Waals surface area contributed by atoms with Crippen LogP contribution in [0.3, 0.4) is 0 Å². The van der Waals surface area contributed by atoms with Crippen molar-refractivity contribution < 1.29 is 15.7 Å². The van der Waals surface area contributed by atoms with Gasteiger partial charge in [0.25, 0.3) is 0 Å². The van der Waals surface area contributed by atoms with Gasteiger partial charge in [0, 0.05) is 22.1 Å². The Balaban J connectivity index is 0.000000230. The molecule has 3 aromatic heterocycles. The van der Waals surface area contributed by atoms with E-state index in [1.54, 1.807) is 0 Å². The average Bonchev–Trinajstić information content (AvgIpc) is 3.57. The quantitative estimate of drug-likeness (QED) is 0.216. The third-order valence-electron chi connectivity index (χ3n) is 4.83. The van der Waals surface area contributed by atoms with Gasteiger partial charge >= 0.3 is 70.7 Å². The summed E-state index contributed by atoms with van der Waals surface area (Å²) in [6.07, 6.45) is 8.09. The third-order valence-corrected chi connectivity index (χ3v) is 5.90. The maximum atomic E-state index is 4.63. The van der Waals surface area contributed by atoms with Crippen LogP contribution < -0.4 is 4.50 Å². The van der Waals surface area contributed by atoms with Crippen molar-refractivity contribution in [1.82, 2.24) is 19.9 Å². The number of aromatic nitrogens is 4. The molecule has 0 radical (unpaired) electrons. The van der Waals surface area contributed by atoms with E-state index in [1.807, 2.05) is 72.8 Å². The molecule has 0 amide bonds. The van der Waals surface area contributed by atoms with Gasteiger partial charge in [-0.05, 0) is 72.8 Å². The summed E-state index contributed by atoms with van der Waals surface area (Å²) in [4.78, 5) is 16.0. The molecule has 1 aromatic carbocycles. The molecule has 32 heavy (non-hydrogen) atoms. The van der Waals surface area contributed by atoms with Gasteiger partial charge in [-0.1, -0.05) is 0 Å². The zero-order chi connectivity index (χ0) is 21.9. The van der Waals surface area contributed by atoms with Gasteiger partial charge in [-0.2, -0.15) is 0 Å². The van der Waals surface area contributed by atoms with E-state index < -0.39 is 0 Å². The number of hydrogen-bond acceptors (Lipinski definition) is 2. The number of benzene rings is 1. The van der Waals surface area contributed by atoms with Crippen molar-refractivity contribution in [1.29, 1.82) is 0 Å². The molecule has 4 aromatic rings. The molecule has 0 aliphatic carbocycles. The summed E-state index contributed by atoms with van der Waals surface area (Å²) >= 11 is 6.44. The second-order valence-electron chi connectivity index (χ2n) is 7.32. The van der Waals surface area contributed by atoms with Crippen molar-refractivity contribution in [3.05, 3.63) is 99.1 Å². The summed E-state index contributed by atoms with van der Waals surface area (Å²) in [5.74, 6) is 0. The van der Waals surface area contributed by atoms with E-state index in [9.17, 15) is 0 Å². The topological polar surface area (TPSA) is 57.4 Å². The fourth-order valence-electron chi connectivity index (χ4n) is 3.37. The van der Waals surface area contributed by atoms with Crippen LogP contribution in [0.4, 0.5) is 0 Å². The van der Waals surface area contributed by atoms with Crippen molar-refractivity contribution in [2.75, 3.05) is 0 Å². The van der Waals surface area contributed by atoms with E-state index in [1.165, 1.54) is 3.57 Å². The number of rotatable bonds is 0. The van der Waals surface area contributed by atoms with Crippen LogP contribution in [0.2, 0.25) is 0 Å². The zero-order valence-corrected chi connectivity index (χ0v) is 20.0. The third kappa shape index (κ3) is 5.27. The molecule has 2 N–H and O–H groups in total. The first-order valence-electron chi connectivity index (χ1n) is 10.0. The number of nitrogens with one attached hydrogen (secondary N) is 2. The van der Waals surface area contributed by atoms with Crippen LogP contribution >= 0.6 is 22.6 Å². The molecule has 0 saturated heterocycles. The number of aromatic amines is 2. The Kier molecular flexibility index (Phi) is 6.07. The second kappa shape index (κ2) is 9.28. The molecular formula is C26H18CoIN4. The van der Waals surface area contributed by atoms with Crippen LogP contribution in [0.25, 0.3) is 46.4 Å². The van der Waals surface area contributed by atoms with Crippen molar-refractivity contribution in [3.8, 4) is 0 Å². The van der Waals surface area contributed by atoms with E-state index in [2.05, 4.69) is 82.5 Å². The molecule has 2 aliphatic rings. The monoisotopic (exact) mass is 572 g/mol. The van der Waals surface area contributed by atoms with Crippen molar-refractivity contribution in [3.63, 3.8) is 0 Å². The summed E-state index contributed by atoms with van der Waals surface area (Å²) in [5.41, 5.74) is 7.86. The molecule has 4 nitrogen and oxygen atoms in total. The molecule has 2 aliphatic heterocycles. The fourth-order valence-corrected chi connectivity index (χ4v) is 3.90. The van der Waals surface area contributed by atoms with Crippen LogP contribution in [0, 0.1) is 3.57 Å². The van der Waals surface area contributed by atoms with Gasteiger partial charge < -0.3 is 9.97 Å². The Labute approximate surface area is 207 Å². The van der Waals surface area contributed by atoms with Crippen LogP contribution in [-0.4, -0.2) is 19.9 Å². The Bertz CT molecular complexity index is 1300. The molecule has 0 atom stereocenters. The normalized spacial score (nSPS) is 11.8. The van der Waals surface area contributed by atoms with Gasteiger partial charge in [0.2, 0.25) is 0 Å². The Morgan fingerprint density at radius 1 is 0.531 bits per heavy atom. The van der Waals surface area contributed by atoms with E-state index in [-0.39, 0.29) is 0 Å². The first-order chi connectivity index (χ1) is 15.6. The molecule has 5 heterocycles. The average molecular weight is 572 g/mol. The van der Waals surface area contributed by atoms with Crippen molar-refractivity contribution in [2.24, 2.45) is 0 Å². The number of nitrogens with zero attached hydrogens (tertiary/aromatic N) is 2. The summed E-state index contributed by atoms with van der Waals surface area (Å²) in [5, 5.41) is 0. The van der Waals surface area contributed by atoms with E-state index in [0.717, 1.165) is 49.3 Å². The molecule has 6 rings (SSSR count). The SMILES string of the molecule is C1=Cc2cc3ccc(cc4nc(cc5ccc(cc1n2)[nH]5)C=C4)[nH]3.[Co][c]1ccc(I)cc1. The molecule has 158 valence electrons. The summed E-state index contributed by atoms with van der Waals surface area (Å²) in [7, 11) is 0. The van der Waals surface area contributed by atoms with Crippen LogP contribution in [0.15, 0.2) is 72.8 Å². The van der Waals surface area contributed by atoms with Gasteiger partial charge in [0.15, 0.2) is 0 Å². The number of fused-ring (bicyclic) bond motifs is 8. The number of hydrogen-bond donors (Lipinski definition) is 2. The fraction of sp³-hybridized carbons (Fsp3) is 0. The minimum atomic E-state index is 0.939. The Morgan fingerprint density at radius 2 is 0.875 bits per heavy atom. The molecule has 0 unspecified atom stereocenters. The van der Waals surface area contributed by atoms with E-state index in [4.69, 9.17) is 0 Å². The Hall–Kier alpha value is -2.94. The Morgan fingerprint density at radius 3 is 1.19 bits per heavy atom. The molecule has 0 saturated carbocycles. The number of H-pyrrole nitrogens is 2. The predicted octanol–water partition coefficient (Wildman–Crippen LogP) is 6.12. The van der Waals surface area contributed by atoms with Crippen LogP contribution in [-0.2, 0) is 15.7 Å². The van der Waals surface area contributed by atoms with E-state index >= 15 is 0 Å². The first-order valence-corrected chi connectivity index (χ1v) is 11.6. The summed E-state index contributed by atoms with van der Waals surface area (Å²) < 4.78 is 2.26. The van der Waals surface area contributed by atoms with Gasteiger partial charge in [0.1, 0.15) is 0 Å². The molecule has 8 bridgehead atoms. The van der Waals surface area contributed by atoms with Gasteiger partial charge in [0.05, 0.1) is 22.8 Å². The van der Waals surface area contributed by atoms with Crippen molar-refractivity contribution >= 4 is 73.5 Å². The summed E-state index contributed by atoms with van der Waals surface area (Å²) in [6, 6.07) is 24.4. The number of halogens is 1. The standard InChI is InChI=1S/C20H14N4.C6H4I.Co/c1-2-14-10-16-5-6-18(23-16)12-20-8-7-19(24-20)11-17-4-3-15(22-17)9-13(1)21-14;7-6-4-2-1-3-5-6;/h1-12,21,24H;2-5H;. The molecule has 6 heteroatoms. The van der Waals surface area contributed by atoms with Gasteiger partial charge in [-0.25, -0.2) is 9.97 Å². The first kappa shape index (κ1) is 20.9. The zero-order valence-electron chi connectivity index (χ0n) is 16.8. The predicted molar refractivity (Wildman–Crippen MR) is 138 cm³/mol. The van der Waals surface area contributed by atoms with Crippen LogP contribution in [0.1, 0.15) is 22.8 Å². The van der Waals surface area contributed by atoms with Crippen LogP contribution in [0.5, 0.6) is 0 Å². The van der Waals surface area contributed by atoms with Crippen molar-refractivity contribution in [2.45, 2.75) is 0 Å². The molecular weight excluding hydrogens is 554 g/mol. The molecule has 0 fully saturated rings. The summed E-state index contributed by atoms with van der Waals surface area (Å²) in [6.45, 7) is 0. The molecule has 0 spiro atoms. The minimum absolute atomic E-state index is 0.939. The van der Waals surface area contributed by atoms with Gasteiger partial charge in [-0.3, -0.25) is 0 Å². The van der Waals surface area contributed by atoms with E-state index in [0.29, 0.717) is 0 Å².